The van der Waals surface area contributed by atoms with Gasteiger partial charge in [0.15, 0.2) is 22.5 Å². The number of hydrogen-bond donors (Lipinski definition) is 2. The van der Waals surface area contributed by atoms with Gasteiger partial charge in [0, 0.05) is 18.8 Å². The second-order valence-corrected chi connectivity index (χ2v) is 13.5. The maximum absolute atomic E-state index is 14.5. The van der Waals surface area contributed by atoms with Gasteiger partial charge >= 0.3 is 0 Å². The molecule has 1 aromatic heterocycles. The van der Waals surface area contributed by atoms with Gasteiger partial charge in [-0.05, 0) is 49.6 Å². The minimum Gasteiger partial charge on any atom is -0.491 e. The normalized spacial score (nSPS) is 16.0. The summed E-state index contributed by atoms with van der Waals surface area (Å²) in [6.07, 6.45) is 7.17. The molecule has 1 atom stereocenters. The van der Waals surface area contributed by atoms with Crippen LogP contribution in [-0.4, -0.2) is 55.5 Å². The Balaban J connectivity index is 1.35. The van der Waals surface area contributed by atoms with Crippen molar-refractivity contribution in [3.63, 3.8) is 0 Å². The molecule has 1 unspecified atom stereocenters. The maximum Gasteiger partial charge on any atom is 0.258 e. The third kappa shape index (κ3) is 7.81. The number of amides is 2. The standard InChI is InChI=1S/C29H36F2N4O5S2/c1-3-4-5-6-7-8-16-42(38,39)35-15-9-10-19(18-35)27(36)34-29-33-23-14-11-20(17-24(23)41-29)32-28(37)21-12-13-22(30)26(40-2)25(21)31/h11-14,17,19H,3-10,15-16,18H2,1-2H3,(H,32,37)(H,33,34,36). The van der Waals surface area contributed by atoms with Gasteiger partial charge in [-0.1, -0.05) is 50.4 Å². The Morgan fingerprint density at radius 2 is 1.86 bits per heavy atom. The summed E-state index contributed by atoms with van der Waals surface area (Å²) in [7, 11) is -2.31. The smallest absolute Gasteiger partial charge is 0.258 e. The molecule has 0 aliphatic carbocycles. The van der Waals surface area contributed by atoms with Crippen LogP contribution in [-0.2, 0) is 14.8 Å². The van der Waals surface area contributed by atoms with Gasteiger partial charge in [0.25, 0.3) is 5.91 Å². The van der Waals surface area contributed by atoms with Crippen LogP contribution in [0.1, 0.15) is 68.6 Å². The Bertz CT molecular complexity index is 1530. The Hall–Kier alpha value is -3.16. The predicted octanol–water partition coefficient (Wildman–Crippen LogP) is 6.18. The average molecular weight is 623 g/mol. The van der Waals surface area contributed by atoms with Crippen LogP contribution in [0.2, 0.25) is 0 Å². The lowest BCUT2D eigenvalue weighted by Gasteiger charge is -2.31. The van der Waals surface area contributed by atoms with Crippen molar-refractivity contribution in [3.8, 4) is 5.75 Å². The molecule has 1 aliphatic heterocycles. The van der Waals surface area contributed by atoms with E-state index in [0.29, 0.717) is 46.8 Å². The average Bonchev–Trinajstić information content (AvgIpc) is 3.36. The van der Waals surface area contributed by atoms with E-state index in [2.05, 4.69) is 22.5 Å². The van der Waals surface area contributed by atoms with Gasteiger partial charge in [-0.15, -0.1) is 0 Å². The van der Waals surface area contributed by atoms with Gasteiger partial charge in [-0.2, -0.15) is 0 Å². The topological polar surface area (TPSA) is 118 Å². The van der Waals surface area contributed by atoms with Gasteiger partial charge in [0.05, 0.1) is 34.6 Å². The molecule has 1 aliphatic rings. The Kier molecular flexibility index (Phi) is 10.8. The number of methoxy groups -OCH3 is 1. The van der Waals surface area contributed by atoms with E-state index < -0.39 is 39.2 Å². The van der Waals surface area contributed by atoms with Crippen molar-refractivity contribution in [1.82, 2.24) is 9.29 Å². The molecular formula is C29H36F2N4O5S2. The predicted molar refractivity (Wildman–Crippen MR) is 161 cm³/mol. The summed E-state index contributed by atoms with van der Waals surface area (Å²) in [5.41, 5.74) is 0.561. The van der Waals surface area contributed by atoms with Crippen molar-refractivity contribution >= 4 is 54.2 Å². The number of hydrogen-bond acceptors (Lipinski definition) is 7. The summed E-state index contributed by atoms with van der Waals surface area (Å²) in [4.78, 5) is 30.1. The molecule has 228 valence electrons. The van der Waals surface area contributed by atoms with Gasteiger partial charge in [0.2, 0.25) is 15.9 Å². The number of rotatable bonds is 13. The number of piperidine rings is 1. The van der Waals surface area contributed by atoms with Crippen molar-refractivity contribution in [2.24, 2.45) is 5.92 Å². The summed E-state index contributed by atoms with van der Waals surface area (Å²) in [6, 6.07) is 6.85. The van der Waals surface area contributed by atoms with Crippen molar-refractivity contribution in [3.05, 3.63) is 47.5 Å². The first kappa shape index (κ1) is 31.8. The summed E-state index contributed by atoms with van der Waals surface area (Å²) in [5.74, 6) is -4.11. The molecule has 4 rings (SSSR count). The van der Waals surface area contributed by atoms with Gasteiger partial charge < -0.3 is 15.4 Å². The highest BCUT2D eigenvalue weighted by molar-refractivity contribution is 7.89. The van der Waals surface area contributed by atoms with Gasteiger partial charge in [-0.25, -0.2) is 26.5 Å². The number of aromatic nitrogens is 1. The zero-order valence-corrected chi connectivity index (χ0v) is 25.4. The van der Waals surface area contributed by atoms with Crippen LogP contribution in [0.4, 0.5) is 19.6 Å². The zero-order chi connectivity index (χ0) is 30.3. The second kappa shape index (κ2) is 14.3. The zero-order valence-electron chi connectivity index (χ0n) is 23.8. The van der Waals surface area contributed by atoms with Gasteiger partial charge in [-0.3, -0.25) is 9.59 Å². The van der Waals surface area contributed by atoms with E-state index in [9.17, 15) is 26.8 Å². The van der Waals surface area contributed by atoms with Crippen LogP contribution in [0.25, 0.3) is 10.2 Å². The molecule has 1 saturated heterocycles. The highest BCUT2D eigenvalue weighted by Gasteiger charge is 2.32. The molecule has 2 heterocycles. The number of anilines is 2. The quantitative estimate of drug-likeness (QED) is 0.220. The number of halogens is 2. The summed E-state index contributed by atoms with van der Waals surface area (Å²) in [6.45, 7) is 2.71. The van der Waals surface area contributed by atoms with Crippen molar-refractivity contribution in [1.29, 1.82) is 0 Å². The third-order valence-electron chi connectivity index (χ3n) is 7.28. The van der Waals surface area contributed by atoms with Crippen LogP contribution in [0.5, 0.6) is 5.75 Å². The molecule has 42 heavy (non-hydrogen) atoms. The fourth-order valence-corrected chi connectivity index (χ4v) is 7.51. The molecular weight excluding hydrogens is 586 g/mol. The maximum atomic E-state index is 14.5. The van der Waals surface area contributed by atoms with Crippen LogP contribution >= 0.6 is 11.3 Å². The molecule has 9 nitrogen and oxygen atoms in total. The summed E-state index contributed by atoms with van der Waals surface area (Å²) >= 11 is 1.19. The first-order valence-electron chi connectivity index (χ1n) is 14.2. The lowest BCUT2D eigenvalue weighted by molar-refractivity contribution is -0.120. The summed E-state index contributed by atoms with van der Waals surface area (Å²) < 4.78 is 60.8. The molecule has 0 spiro atoms. The minimum atomic E-state index is -3.42. The fraction of sp³-hybridized carbons (Fsp3) is 0.483. The van der Waals surface area contributed by atoms with Crippen molar-refractivity contribution < 1.29 is 31.5 Å². The summed E-state index contributed by atoms with van der Waals surface area (Å²) in [5, 5.41) is 5.75. The molecule has 13 heteroatoms. The van der Waals surface area contributed by atoms with Crippen molar-refractivity contribution in [2.45, 2.75) is 58.3 Å². The Morgan fingerprint density at radius 1 is 1.10 bits per heavy atom. The number of thiazole rings is 1. The fourth-order valence-electron chi connectivity index (χ4n) is 4.96. The highest BCUT2D eigenvalue weighted by atomic mass is 32.2. The van der Waals surface area contributed by atoms with E-state index in [1.54, 1.807) is 18.2 Å². The van der Waals surface area contributed by atoms with E-state index >= 15 is 0 Å². The first-order valence-corrected chi connectivity index (χ1v) is 16.6. The number of carbonyl (C=O) groups excluding carboxylic acids is 2. The number of carbonyl (C=O) groups is 2. The molecule has 2 aromatic carbocycles. The van der Waals surface area contributed by atoms with E-state index in [4.69, 9.17) is 4.74 Å². The number of sulfonamides is 1. The molecule has 0 saturated carbocycles. The van der Waals surface area contributed by atoms with E-state index in [0.717, 1.165) is 51.3 Å². The number of nitrogens with one attached hydrogen (secondary N) is 2. The van der Waals surface area contributed by atoms with Crippen molar-refractivity contribution in [2.75, 3.05) is 36.6 Å². The minimum absolute atomic E-state index is 0.103. The Labute approximate surface area is 248 Å². The van der Waals surface area contributed by atoms with E-state index in [1.807, 2.05) is 0 Å². The van der Waals surface area contributed by atoms with Gasteiger partial charge in [0.1, 0.15) is 0 Å². The molecule has 0 radical (unpaired) electrons. The SMILES string of the molecule is CCCCCCCCS(=O)(=O)N1CCCC(C(=O)Nc2nc3ccc(NC(=O)c4ccc(F)c(OC)c4F)cc3s2)C1. The number of unbranched alkanes of at least 4 members (excludes halogenated alkanes) is 5. The van der Waals surface area contributed by atoms with Crippen LogP contribution in [0.15, 0.2) is 30.3 Å². The first-order chi connectivity index (χ1) is 20.1. The molecule has 0 bridgehead atoms. The lowest BCUT2D eigenvalue weighted by Crippen LogP contribution is -2.44. The number of ether oxygens (including phenoxy) is 1. The van der Waals surface area contributed by atoms with Crippen LogP contribution in [0, 0.1) is 17.6 Å². The number of benzene rings is 2. The Morgan fingerprint density at radius 3 is 2.62 bits per heavy atom. The van der Waals surface area contributed by atoms with Crippen LogP contribution < -0.4 is 15.4 Å². The molecule has 2 N–H and O–H groups in total. The van der Waals surface area contributed by atoms with E-state index in [-0.39, 0.29) is 23.8 Å². The van der Waals surface area contributed by atoms with Crippen LogP contribution in [0.3, 0.4) is 0 Å². The second-order valence-electron chi connectivity index (χ2n) is 10.4. The lowest BCUT2D eigenvalue weighted by atomic mass is 9.99. The largest absolute Gasteiger partial charge is 0.491 e. The number of nitrogens with zero attached hydrogens (tertiary/aromatic N) is 2. The molecule has 3 aromatic rings. The molecule has 2 amide bonds. The number of fused-ring (bicyclic) bond motifs is 1. The van der Waals surface area contributed by atoms with E-state index in [1.165, 1.54) is 15.6 Å². The third-order valence-corrected chi connectivity index (χ3v) is 10.1. The molecule has 1 fully saturated rings. The highest BCUT2D eigenvalue weighted by Crippen LogP contribution is 2.31. The monoisotopic (exact) mass is 622 g/mol.